The molecule has 1 unspecified atom stereocenters. The summed E-state index contributed by atoms with van der Waals surface area (Å²) >= 11 is 0. The lowest BCUT2D eigenvalue weighted by atomic mass is 9.87. The number of anilines is 2. The normalized spacial score (nSPS) is 17.6. The Morgan fingerprint density at radius 3 is 2.48 bits per heavy atom. The second-order valence-corrected chi connectivity index (χ2v) is 7.48. The van der Waals surface area contributed by atoms with E-state index in [2.05, 4.69) is 56.9 Å². The van der Waals surface area contributed by atoms with Crippen LogP contribution in [0, 0.1) is 0 Å². The molecule has 0 aliphatic carbocycles. The van der Waals surface area contributed by atoms with Crippen LogP contribution in [-0.4, -0.2) is 12.6 Å². The van der Waals surface area contributed by atoms with Crippen molar-refractivity contribution in [2.45, 2.75) is 45.8 Å². The van der Waals surface area contributed by atoms with Crippen LogP contribution in [0.5, 0.6) is 5.75 Å². The number of hydrogen-bond acceptors (Lipinski definition) is 3. The summed E-state index contributed by atoms with van der Waals surface area (Å²) in [5.41, 5.74) is 10.7. The zero-order valence-electron chi connectivity index (χ0n) is 14.5. The third kappa shape index (κ3) is 3.44. The summed E-state index contributed by atoms with van der Waals surface area (Å²) in [6.07, 6.45) is 0.181. The number of rotatable bonds is 2. The minimum absolute atomic E-state index is 0.181. The predicted octanol–water partition coefficient (Wildman–Crippen LogP) is 4.35. The van der Waals surface area contributed by atoms with Crippen LogP contribution in [0.2, 0.25) is 0 Å². The molecule has 0 radical (unpaired) electrons. The van der Waals surface area contributed by atoms with Crippen LogP contribution in [-0.2, 0) is 12.0 Å². The Balaban J connectivity index is 1.84. The minimum atomic E-state index is 0.181. The molecule has 3 nitrogen and oxygen atoms in total. The Kier molecular flexibility index (Phi) is 3.97. The molecule has 23 heavy (non-hydrogen) atoms. The maximum Gasteiger partial charge on any atom is 0.143 e. The number of benzene rings is 2. The van der Waals surface area contributed by atoms with Gasteiger partial charge in [-0.15, -0.1) is 0 Å². The van der Waals surface area contributed by atoms with Crippen molar-refractivity contribution in [3.05, 3.63) is 53.6 Å². The molecule has 0 bridgehead atoms. The Bertz CT molecular complexity index is 686. The summed E-state index contributed by atoms with van der Waals surface area (Å²) in [6, 6.07) is 14.8. The van der Waals surface area contributed by atoms with E-state index in [1.54, 1.807) is 0 Å². The standard InChI is InChI=1S/C20H26N2O/c1-14-12-22(18-11-17(21)9-10-19(18)23-14)13-15-5-7-16(8-6-15)20(2,3)4/h5-11,14H,12-13,21H2,1-4H3. The van der Waals surface area contributed by atoms with Gasteiger partial charge in [0.2, 0.25) is 0 Å². The van der Waals surface area contributed by atoms with Crippen LogP contribution < -0.4 is 15.4 Å². The SMILES string of the molecule is CC1CN(Cc2ccc(C(C)(C)C)cc2)c2cc(N)ccc2O1. The number of nitrogen functional groups attached to an aromatic ring is 1. The van der Waals surface area contributed by atoms with Crippen molar-refractivity contribution in [2.24, 2.45) is 0 Å². The van der Waals surface area contributed by atoms with Crippen molar-refractivity contribution in [3.63, 3.8) is 0 Å². The maximum absolute atomic E-state index is 5.96. The molecule has 0 aromatic heterocycles. The summed E-state index contributed by atoms with van der Waals surface area (Å²) in [6.45, 7) is 10.6. The maximum atomic E-state index is 5.96. The summed E-state index contributed by atoms with van der Waals surface area (Å²) in [4.78, 5) is 2.35. The first kappa shape index (κ1) is 15.7. The van der Waals surface area contributed by atoms with Gasteiger partial charge in [0.25, 0.3) is 0 Å². The van der Waals surface area contributed by atoms with Crippen molar-refractivity contribution in [1.29, 1.82) is 0 Å². The summed E-state index contributed by atoms with van der Waals surface area (Å²) in [5, 5.41) is 0. The molecule has 0 spiro atoms. The number of fused-ring (bicyclic) bond motifs is 1. The molecule has 2 N–H and O–H groups in total. The highest BCUT2D eigenvalue weighted by Crippen LogP contribution is 2.36. The van der Waals surface area contributed by atoms with Crippen molar-refractivity contribution < 1.29 is 4.74 Å². The molecular weight excluding hydrogens is 284 g/mol. The van der Waals surface area contributed by atoms with E-state index in [4.69, 9.17) is 10.5 Å². The van der Waals surface area contributed by atoms with Gasteiger partial charge in [0.05, 0.1) is 12.2 Å². The monoisotopic (exact) mass is 310 g/mol. The van der Waals surface area contributed by atoms with Gasteiger partial charge in [0, 0.05) is 12.2 Å². The average Bonchev–Trinajstić information content (AvgIpc) is 2.47. The van der Waals surface area contributed by atoms with Gasteiger partial charge in [-0.25, -0.2) is 0 Å². The van der Waals surface area contributed by atoms with Gasteiger partial charge in [-0.05, 0) is 41.7 Å². The minimum Gasteiger partial charge on any atom is -0.487 e. The van der Waals surface area contributed by atoms with Crippen LogP contribution in [0.3, 0.4) is 0 Å². The highest BCUT2D eigenvalue weighted by Gasteiger charge is 2.23. The zero-order chi connectivity index (χ0) is 16.6. The van der Waals surface area contributed by atoms with E-state index in [0.717, 1.165) is 30.2 Å². The molecule has 2 aromatic carbocycles. The third-order valence-electron chi connectivity index (χ3n) is 4.32. The third-order valence-corrected chi connectivity index (χ3v) is 4.32. The Hall–Kier alpha value is -2.16. The number of nitrogens with two attached hydrogens (primary N) is 1. The van der Waals surface area contributed by atoms with Crippen LogP contribution in [0.15, 0.2) is 42.5 Å². The van der Waals surface area contributed by atoms with Gasteiger partial charge in [0.1, 0.15) is 11.9 Å². The topological polar surface area (TPSA) is 38.5 Å². The average molecular weight is 310 g/mol. The molecule has 2 aromatic rings. The van der Waals surface area contributed by atoms with Crippen molar-refractivity contribution in [1.82, 2.24) is 0 Å². The molecule has 0 amide bonds. The van der Waals surface area contributed by atoms with E-state index in [1.807, 2.05) is 18.2 Å². The summed E-state index contributed by atoms with van der Waals surface area (Å²) in [5.74, 6) is 0.921. The quantitative estimate of drug-likeness (QED) is 0.838. The number of nitrogens with zero attached hydrogens (tertiary/aromatic N) is 1. The van der Waals surface area contributed by atoms with Gasteiger partial charge in [-0.3, -0.25) is 0 Å². The smallest absolute Gasteiger partial charge is 0.143 e. The van der Waals surface area contributed by atoms with Gasteiger partial charge in [0.15, 0.2) is 0 Å². The Morgan fingerprint density at radius 2 is 1.83 bits per heavy atom. The number of ether oxygens (including phenoxy) is 1. The molecule has 1 aliphatic rings. The van der Waals surface area contributed by atoms with E-state index in [-0.39, 0.29) is 11.5 Å². The predicted molar refractivity (Wildman–Crippen MR) is 97.1 cm³/mol. The molecule has 1 atom stereocenters. The molecule has 0 saturated carbocycles. The van der Waals surface area contributed by atoms with E-state index < -0.39 is 0 Å². The molecule has 3 heteroatoms. The number of hydrogen-bond donors (Lipinski definition) is 1. The first-order valence-corrected chi connectivity index (χ1v) is 8.23. The van der Waals surface area contributed by atoms with Crippen molar-refractivity contribution >= 4 is 11.4 Å². The summed E-state index contributed by atoms with van der Waals surface area (Å²) in [7, 11) is 0. The van der Waals surface area contributed by atoms with Gasteiger partial charge in [-0.1, -0.05) is 45.0 Å². The largest absolute Gasteiger partial charge is 0.487 e. The fourth-order valence-corrected chi connectivity index (χ4v) is 3.02. The van der Waals surface area contributed by atoms with Crippen LogP contribution >= 0.6 is 0 Å². The molecule has 1 aliphatic heterocycles. The van der Waals surface area contributed by atoms with Gasteiger partial charge >= 0.3 is 0 Å². The highest BCUT2D eigenvalue weighted by molar-refractivity contribution is 5.66. The van der Waals surface area contributed by atoms with E-state index >= 15 is 0 Å². The lowest BCUT2D eigenvalue weighted by molar-refractivity contribution is 0.212. The van der Waals surface area contributed by atoms with Gasteiger partial charge < -0.3 is 15.4 Å². The first-order chi connectivity index (χ1) is 10.8. The van der Waals surface area contributed by atoms with Gasteiger partial charge in [-0.2, -0.15) is 0 Å². The van der Waals surface area contributed by atoms with Crippen LogP contribution in [0.4, 0.5) is 11.4 Å². The van der Waals surface area contributed by atoms with E-state index in [9.17, 15) is 0 Å². The fraction of sp³-hybridized carbons (Fsp3) is 0.400. The Labute approximate surface area is 139 Å². The molecule has 122 valence electrons. The van der Waals surface area contributed by atoms with Crippen LogP contribution in [0.1, 0.15) is 38.8 Å². The first-order valence-electron chi connectivity index (χ1n) is 8.23. The summed E-state index contributed by atoms with van der Waals surface area (Å²) < 4.78 is 5.92. The molecule has 1 heterocycles. The molecule has 0 fully saturated rings. The van der Waals surface area contributed by atoms with Crippen molar-refractivity contribution in [3.8, 4) is 5.75 Å². The van der Waals surface area contributed by atoms with E-state index in [1.165, 1.54) is 11.1 Å². The fourth-order valence-electron chi connectivity index (χ4n) is 3.02. The lowest BCUT2D eigenvalue weighted by Crippen LogP contribution is -2.38. The highest BCUT2D eigenvalue weighted by atomic mass is 16.5. The molecular formula is C20H26N2O. The Morgan fingerprint density at radius 1 is 1.13 bits per heavy atom. The van der Waals surface area contributed by atoms with Crippen LogP contribution in [0.25, 0.3) is 0 Å². The zero-order valence-corrected chi connectivity index (χ0v) is 14.5. The lowest BCUT2D eigenvalue weighted by Gasteiger charge is -2.35. The second-order valence-electron chi connectivity index (χ2n) is 7.48. The van der Waals surface area contributed by atoms with Crippen molar-refractivity contribution in [2.75, 3.05) is 17.2 Å². The van der Waals surface area contributed by atoms with E-state index in [0.29, 0.717) is 0 Å². The second kappa shape index (κ2) is 5.80. The molecule has 3 rings (SSSR count). The molecule has 0 saturated heterocycles.